The first-order valence-electron chi connectivity index (χ1n) is 8.90. The van der Waals surface area contributed by atoms with E-state index in [0.717, 1.165) is 29.9 Å². The van der Waals surface area contributed by atoms with Crippen LogP contribution in [0.3, 0.4) is 0 Å². The van der Waals surface area contributed by atoms with Gasteiger partial charge in [0.2, 0.25) is 11.8 Å². The van der Waals surface area contributed by atoms with Crippen molar-refractivity contribution in [1.29, 1.82) is 0 Å². The molecule has 7 nitrogen and oxygen atoms in total. The van der Waals surface area contributed by atoms with Crippen LogP contribution in [0.5, 0.6) is 5.75 Å². The molecule has 0 spiro atoms. The number of fused-ring (bicyclic) bond motifs is 1. The molecule has 1 aromatic heterocycles. The molecule has 1 fully saturated rings. The van der Waals surface area contributed by atoms with Crippen molar-refractivity contribution in [2.24, 2.45) is 5.92 Å². The molecule has 0 bridgehead atoms. The first-order chi connectivity index (χ1) is 12.6. The maximum absolute atomic E-state index is 12.6. The lowest BCUT2D eigenvalue weighted by Gasteiger charge is -2.23. The van der Waals surface area contributed by atoms with Crippen molar-refractivity contribution in [2.45, 2.75) is 31.7 Å². The van der Waals surface area contributed by atoms with E-state index in [4.69, 9.17) is 4.74 Å². The molecule has 2 aliphatic rings. The van der Waals surface area contributed by atoms with Gasteiger partial charge in [0.25, 0.3) is 0 Å². The number of nitrogens with one attached hydrogen (secondary N) is 2. The number of hydrogen-bond acceptors (Lipinski definition) is 4. The number of nitrogens with zero attached hydrogens (tertiary/aromatic N) is 2. The number of hydrogen-bond donors (Lipinski definition) is 2. The average molecular weight is 354 g/mol. The molecule has 26 heavy (non-hydrogen) atoms. The van der Waals surface area contributed by atoms with Gasteiger partial charge in [-0.3, -0.25) is 9.59 Å². The lowest BCUT2D eigenvalue weighted by molar-refractivity contribution is -0.126. The molecule has 7 heteroatoms. The smallest absolute Gasteiger partial charge is 0.229 e. The van der Waals surface area contributed by atoms with E-state index in [9.17, 15) is 9.59 Å². The largest absolute Gasteiger partial charge is 0.497 e. The van der Waals surface area contributed by atoms with E-state index in [-0.39, 0.29) is 23.8 Å². The maximum atomic E-state index is 12.6. The van der Waals surface area contributed by atoms with Crippen LogP contribution in [0.15, 0.2) is 30.6 Å². The number of aryl methyl sites for hydroxylation is 1. The van der Waals surface area contributed by atoms with Crippen LogP contribution < -0.4 is 15.0 Å². The summed E-state index contributed by atoms with van der Waals surface area (Å²) in [5.41, 5.74) is 2.91. The molecule has 2 amide bonds. The number of carbonyl (C=O) groups is 2. The lowest BCUT2D eigenvalue weighted by Crippen LogP contribution is -2.42. The number of carbonyl (C=O) groups excluding carboxylic acids is 2. The topological polar surface area (TPSA) is 87.3 Å². The third kappa shape index (κ3) is 3.16. The van der Waals surface area contributed by atoms with Crippen LogP contribution >= 0.6 is 0 Å². The van der Waals surface area contributed by atoms with E-state index in [2.05, 4.69) is 15.3 Å². The third-order valence-electron chi connectivity index (χ3n) is 5.19. The number of methoxy groups -OCH3 is 1. The van der Waals surface area contributed by atoms with Gasteiger partial charge in [-0.25, -0.2) is 4.98 Å². The second-order valence-corrected chi connectivity index (χ2v) is 6.88. The van der Waals surface area contributed by atoms with Crippen molar-refractivity contribution in [3.8, 4) is 5.75 Å². The van der Waals surface area contributed by atoms with Gasteiger partial charge >= 0.3 is 0 Å². The molecule has 2 heterocycles. The summed E-state index contributed by atoms with van der Waals surface area (Å²) in [6.07, 6.45) is 4.30. The quantitative estimate of drug-likeness (QED) is 0.870. The van der Waals surface area contributed by atoms with Crippen molar-refractivity contribution >= 4 is 17.5 Å². The van der Waals surface area contributed by atoms with Crippen molar-refractivity contribution < 1.29 is 14.3 Å². The van der Waals surface area contributed by atoms with Gasteiger partial charge in [0.1, 0.15) is 5.75 Å². The summed E-state index contributed by atoms with van der Waals surface area (Å²) in [5.74, 6) is 0.683. The monoisotopic (exact) mass is 354 g/mol. The molecule has 2 N–H and O–H groups in total. The second kappa shape index (κ2) is 6.82. The molecule has 0 saturated carbocycles. The zero-order valence-corrected chi connectivity index (χ0v) is 14.7. The van der Waals surface area contributed by atoms with Gasteiger partial charge in [-0.1, -0.05) is 6.07 Å². The minimum Gasteiger partial charge on any atom is -0.497 e. The highest BCUT2D eigenvalue weighted by Crippen LogP contribution is 2.27. The van der Waals surface area contributed by atoms with Crippen LogP contribution in [0.4, 0.5) is 5.69 Å². The molecule has 1 aromatic carbocycles. The van der Waals surface area contributed by atoms with Gasteiger partial charge in [0.05, 0.1) is 25.2 Å². The number of anilines is 1. The SMILES string of the molecule is COc1cccc(N2CC(NC(=O)C3CCc4nc[nH]c4C3)CC2=O)c1. The fourth-order valence-electron chi connectivity index (χ4n) is 3.78. The minimum absolute atomic E-state index is 0.0167. The van der Waals surface area contributed by atoms with Crippen LogP contribution in [0, 0.1) is 5.92 Å². The van der Waals surface area contributed by atoms with Crippen LogP contribution in [0.2, 0.25) is 0 Å². The molecule has 2 unspecified atom stereocenters. The first kappa shape index (κ1) is 16.6. The molecule has 136 valence electrons. The fraction of sp³-hybridized carbons (Fsp3) is 0.421. The molecule has 4 rings (SSSR count). The Balaban J connectivity index is 1.39. The van der Waals surface area contributed by atoms with E-state index < -0.39 is 0 Å². The summed E-state index contributed by atoms with van der Waals surface area (Å²) < 4.78 is 5.23. The minimum atomic E-state index is -0.163. The first-order valence-corrected chi connectivity index (χ1v) is 8.90. The molecular formula is C19H22N4O3. The Hall–Kier alpha value is -2.83. The molecule has 0 radical (unpaired) electrons. The maximum Gasteiger partial charge on any atom is 0.229 e. The third-order valence-corrected chi connectivity index (χ3v) is 5.19. The summed E-state index contributed by atoms with van der Waals surface area (Å²) in [4.78, 5) is 34.1. The summed E-state index contributed by atoms with van der Waals surface area (Å²) >= 11 is 0. The Morgan fingerprint density at radius 2 is 2.27 bits per heavy atom. The molecule has 2 atom stereocenters. The Morgan fingerprint density at radius 1 is 1.38 bits per heavy atom. The predicted molar refractivity (Wildman–Crippen MR) is 96.0 cm³/mol. The Labute approximate surface area is 151 Å². The average Bonchev–Trinajstić information content (AvgIpc) is 3.27. The van der Waals surface area contributed by atoms with Crippen molar-refractivity contribution in [3.05, 3.63) is 42.0 Å². The highest BCUT2D eigenvalue weighted by atomic mass is 16.5. The van der Waals surface area contributed by atoms with E-state index in [0.29, 0.717) is 25.1 Å². The highest BCUT2D eigenvalue weighted by molar-refractivity contribution is 5.97. The van der Waals surface area contributed by atoms with E-state index in [1.165, 1.54) is 0 Å². The zero-order chi connectivity index (χ0) is 18.1. The number of H-pyrrole nitrogens is 1. The Morgan fingerprint density at radius 3 is 3.12 bits per heavy atom. The van der Waals surface area contributed by atoms with Crippen molar-refractivity contribution in [2.75, 3.05) is 18.6 Å². The van der Waals surface area contributed by atoms with Gasteiger partial charge in [0, 0.05) is 42.8 Å². The fourth-order valence-corrected chi connectivity index (χ4v) is 3.78. The van der Waals surface area contributed by atoms with Gasteiger partial charge in [-0.2, -0.15) is 0 Å². The molecule has 2 aromatic rings. The van der Waals surface area contributed by atoms with E-state index in [1.54, 1.807) is 18.3 Å². The van der Waals surface area contributed by atoms with Crippen molar-refractivity contribution in [1.82, 2.24) is 15.3 Å². The number of ether oxygens (including phenoxy) is 1. The normalized spacial score (nSPS) is 22.2. The summed E-state index contributed by atoms with van der Waals surface area (Å²) in [7, 11) is 1.60. The molecule has 1 saturated heterocycles. The van der Waals surface area contributed by atoms with E-state index >= 15 is 0 Å². The van der Waals surface area contributed by atoms with Gasteiger partial charge < -0.3 is 19.9 Å². The van der Waals surface area contributed by atoms with Crippen LogP contribution in [-0.2, 0) is 22.4 Å². The van der Waals surface area contributed by atoms with Gasteiger partial charge in [-0.15, -0.1) is 0 Å². The molecule has 1 aliphatic heterocycles. The number of amides is 2. The predicted octanol–water partition coefficient (Wildman–Crippen LogP) is 1.44. The number of aromatic nitrogens is 2. The number of aromatic amines is 1. The zero-order valence-electron chi connectivity index (χ0n) is 14.7. The standard InChI is InChI=1S/C19H22N4O3/c1-26-15-4-2-3-14(9-15)23-10-13(8-18(23)24)22-19(25)12-5-6-16-17(7-12)21-11-20-16/h2-4,9,11-13H,5-8,10H2,1H3,(H,20,21)(H,22,25). The van der Waals surface area contributed by atoms with E-state index in [1.807, 2.05) is 24.3 Å². The number of imidazole rings is 1. The Bertz CT molecular complexity index is 832. The second-order valence-electron chi connectivity index (χ2n) is 6.88. The van der Waals surface area contributed by atoms with Crippen LogP contribution in [0.1, 0.15) is 24.2 Å². The molecular weight excluding hydrogens is 332 g/mol. The van der Waals surface area contributed by atoms with Crippen molar-refractivity contribution in [3.63, 3.8) is 0 Å². The summed E-state index contributed by atoms with van der Waals surface area (Å²) in [6, 6.07) is 7.26. The van der Waals surface area contributed by atoms with Gasteiger partial charge in [-0.05, 0) is 25.0 Å². The van der Waals surface area contributed by atoms with Crippen LogP contribution in [0.25, 0.3) is 0 Å². The van der Waals surface area contributed by atoms with Gasteiger partial charge in [0.15, 0.2) is 0 Å². The highest BCUT2D eigenvalue weighted by Gasteiger charge is 2.34. The summed E-state index contributed by atoms with van der Waals surface area (Å²) in [5, 5.41) is 3.06. The van der Waals surface area contributed by atoms with Crippen LogP contribution in [-0.4, -0.2) is 41.5 Å². The number of benzene rings is 1. The molecule has 1 aliphatic carbocycles. The number of rotatable bonds is 4. The summed E-state index contributed by atoms with van der Waals surface area (Å²) in [6.45, 7) is 0.486. The lowest BCUT2D eigenvalue weighted by atomic mass is 9.89. The Kier molecular flexibility index (Phi) is 4.36.